The van der Waals surface area contributed by atoms with Gasteiger partial charge in [0.25, 0.3) is 0 Å². The van der Waals surface area contributed by atoms with E-state index in [0.29, 0.717) is 6.54 Å². The average molecular weight is 306 g/mol. The molecule has 1 N–H and O–H groups in total. The van der Waals surface area contributed by atoms with Crippen LogP contribution in [0.3, 0.4) is 0 Å². The van der Waals surface area contributed by atoms with E-state index in [9.17, 15) is 9.18 Å². The van der Waals surface area contributed by atoms with Crippen LogP contribution in [-0.4, -0.2) is 17.6 Å². The number of nitrogens with zero attached hydrogens (tertiary/aromatic N) is 1. The van der Waals surface area contributed by atoms with Gasteiger partial charge in [-0.05, 0) is 41.8 Å². The first kappa shape index (κ1) is 13.9. The lowest BCUT2D eigenvalue weighted by Crippen LogP contribution is -2.20. The van der Waals surface area contributed by atoms with Gasteiger partial charge in [-0.3, -0.25) is 0 Å². The molecule has 0 aromatic heterocycles. The summed E-state index contributed by atoms with van der Waals surface area (Å²) in [7, 11) is 0. The van der Waals surface area contributed by atoms with Crippen LogP contribution in [0.1, 0.15) is 21.5 Å². The molecule has 2 aromatic carbocycles. The van der Waals surface area contributed by atoms with E-state index < -0.39 is 11.8 Å². The van der Waals surface area contributed by atoms with Gasteiger partial charge in [0, 0.05) is 18.8 Å². The Kier molecular flexibility index (Phi) is 3.55. The van der Waals surface area contributed by atoms with E-state index in [0.717, 1.165) is 29.8 Å². The van der Waals surface area contributed by atoms with Crippen molar-refractivity contribution in [3.8, 4) is 0 Å². The quantitative estimate of drug-likeness (QED) is 0.939. The third-order valence-electron chi connectivity index (χ3n) is 3.68. The zero-order valence-electron chi connectivity index (χ0n) is 11.1. The predicted molar refractivity (Wildman–Crippen MR) is 79.6 cm³/mol. The van der Waals surface area contributed by atoms with Crippen molar-refractivity contribution in [3.05, 3.63) is 63.9 Å². The maximum absolute atomic E-state index is 13.5. The highest BCUT2D eigenvalue weighted by Crippen LogP contribution is 2.30. The van der Waals surface area contributed by atoms with Crippen LogP contribution in [0.2, 0.25) is 5.02 Å². The summed E-state index contributed by atoms with van der Waals surface area (Å²) in [4.78, 5) is 13.1. The lowest BCUT2D eigenvalue weighted by Gasteiger charge is -2.20. The molecule has 3 nitrogen and oxygen atoms in total. The number of carbonyl (C=O) groups is 1. The van der Waals surface area contributed by atoms with Crippen LogP contribution >= 0.6 is 11.6 Å². The number of anilines is 1. The number of aromatic carboxylic acids is 1. The molecule has 21 heavy (non-hydrogen) atoms. The number of halogens is 2. The molecule has 1 aliphatic heterocycles. The molecule has 3 rings (SSSR count). The molecule has 2 aromatic rings. The highest BCUT2D eigenvalue weighted by Gasteiger charge is 2.21. The fourth-order valence-electron chi connectivity index (χ4n) is 2.60. The Hall–Kier alpha value is -2.07. The van der Waals surface area contributed by atoms with Crippen LogP contribution in [0.4, 0.5) is 10.1 Å². The second kappa shape index (κ2) is 5.37. The maximum Gasteiger partial charge on any atom is 0.335 e. The maximum atomic E-state index is 13.5. The molecule has 0 amide bonds. The molecule has 0 radical (unpaired) electrons. The Morgan fingerprint density at radius 1 is 1.29 bits per heavy atom. The lowest BCUT2D eigenvalue weighted by atomic mass is 10.1. The van der Waals surface area contributed by atoms with Gasteiger partial charge < -0.3 is 10.0 Å². The summed E-state index contributed by atoms with van der Waals surface area (Å²) in [6.45, 7) is 1.33. The van der Waals surface area contributed by atoms with Crippen LogP contribution in [0.25, 0.3) is 0 Å². The molecule has 108 valence electrons. The minimum Gasteiger partial charge on any atom is -0.478 e. The van der Waals surface area contributed by atoms with Crippen molar-refractivity contribution in [1.29, 1.82) is 0 Å². The number of carboxylic acid groups (broad SMARTS) is 1. The molecular weight excluding hydrogens is 293 g/mol. The molecule has 0 spiro atoms. The van der Waals surface area contributed by atoms with Gasteiger partial charge in [-0.25, -0.2) is 9.18 Å². The number of fused-ring (bicyclic) bond motifs is 1. The SMILES string of the molecule is O=C(O)c1ccc2c(c1)N(Cc1ccc(Cl)c(F)c1)CC2. The average Bonchev–Trinajstić information content (AvgIpc) is 2.85. The molecule has 1 heterocycles. The Morgan fingerprint density at radius 3 is 2.81 bits per heavy atom. The summed E-state index contributed by atoms with van der Waals surface area (Å²) in [5.74, 6) is -1.38. The van der Waals surface area contributed by atoms with E-state index in [2.05, 4.69) is 4.90 Å². The van der Waals surface area contributed by atoms with E-state index in [4.69, 9.17) is 16.7 Å². The van der Waals surface area contributed by atoms with Crippen LogP contribution in [0.5, 0.6) is 0 Å². The first-order chi connectivity index (χ1) is 10.0. The second-order valence-electron chi connectivity index (χ2n) is 5.07. The summed E-state index contributed by atoms with van der Waals surface area (Å²) in [5.41, 5.74) is 3.10. The number of benzene rings is 2. The molecule has 0 fully saturated rings. The molecule has 0 unspecified atom stereocenters. The highest BCUT2D eigenvalue weighted by atomic mass is 35.5. The molecular formula is C16H13ClFNO2. The lowest BCUT2D eigenvalue weighted by molar-refractivity contribution is 0.0697. The fraction of sp³-hybridized carbons (Fsp3) is 0.188. The van der Waals surface area contributed by atoms with Gasteiger partial charge in [-0.1, -0.05) is 23.7 Å². The van der Waals surface area contributed by atoms with Crippen molar-refractivity contribution < 1.29 is 14.3 Å². The third-order valence-corrected chi connectivity index (χ3v) is 3.99. The molecule has 0 atom stereocenters. The van der Waals surface area contributed by atoms with Gasteiger partial charge in [0.15, 0.2) is 0 Å². The summed E-state index contributed by atoms with van der Waals surface area (Å²) >= 11 is 5.68. The molecule has 5 heteroatoms. The van der Waals surface area contributed by atoms with Crippen molar-refractivity contribution in [2.45, 2.75) is 13.0 Å². The van der Waals surface area contributed by atoms with E-state index in [-0.39, 0.29) is 10.6 Å². The van der Waals surface area contributed by atoms with Crippen molar-refractivity contribution in [2.24, 2.45) is 0 Å². The minimum atomic E-state index is -0.942. The molecule has 0 saturated heterocycles. The van der Waals surface area contributed by atoms with Crippen LogP contribution in [-0.2, 0) is 13.0 Å². The largest absolute Gasteiger partial charge is 0.478 e. The summed E-state index contributed by atoms with van der Waals surface area (Å²) in [6, 6.07) is 9.88. The fourth-order valence-corrected chi connectivity index (χ4v) is 2.72. The van der Waals surface area contributed by atoms with E-state index >= 15 is 0 Å². The van der Waals surface area contributed by atoms with Gasteiger partial charge in [0.1, 0.15) is 5.82 Å². The van der Waals surface area contributed by atoms with Crippen LogP contribution in [0, 0.1) is 5.82 Å². The zero-order chi connectivity index (χ0) is 15.0. The standard InChI is InChI=1S/C16H13ClFNO2/c17-13-4-1-10(7-14(13)18)9-19-6-5-11-2-3-12(16(20)21)8-15(11)19/h1-4,7-8H,5-6,9H2,(H,20,21). The number of hydrogen-bond acceptors (Lipinski definition) is 2. The van der Waals surface area contributed by atoms with E-state index in [1.54, 1.807) is 18.2 Å². The molecule has 0 saturated carbocycles. The third kappa shape index (κ3) is 2.72. The van der Waals surface area contributed by atoms with Gasteiger partial charge >= 0.3 is 5.97 Å². The van der Waals surface area contributed by atoms with Gasteiger partial charge in [0.2, 0.25) is 0 Å². The first-order valence-electron chi connectivity index (χ1n) is 6.59. The normalized spacial score (nSPS) is 13.3. The first-order valence-corrected chi connectivity index (χ1v) is 6.97. The van der Waals surface area contributed by atoms with Gasteiger partial charge in [0.05, 0.1) is 10.6 Å². The van der Waals surface area contributed by atoms with Gasteiger partial charge in [-0.15, -0.1) is 0 Å². The van der Waals surface area contributed by atoms with Crippen molar-refractivity contribution in [3.63, 3.8) is 0 Å². The topological polar surface area (TPSA) is 40.5 Å². The van der Waals surface area contributed by atoms with Crippen molar-refractivity contribution in [2.75, 3.05) is 11.4 Å². The zero-order valence-corrected chi connectivity index (χ0v) is 11.9. The van der Waals surface area contributed by atoms with E-state index in [1.807, 2.05) is 6.07 Å². The number of carboxylic acids is 1. The molecule has 0 bridgehead atoms. The summed E-state index contributed by atoms with van der Waals surface area (Å²) < 4.78 is 13.5. The Morgan fingerprint density at radius 2 is 2.10 bits per heavy atom. The van der Waals surface area contributed by atoms with Crippen molar-refractivity contribution >= 4 is 23.3 Å². The number of hydrogen-bond donors (Lipinski definition) is 1. The summed E-state index contributed by atoms with van der Waals surface area (Å²) in [6.07, 6.45) is 0.866. The smallest absolute Gasteiger partial charge is 0.335 e. The Labute approximate surface area is 126 Å². The van der Waals surface area contributed by atoms with Crippen LogP contribution < -0.4 is 4.90 Å². The monoisotopic (exact) mass is 305 g/mol. The summed E-state index contributed by atoms with van der Waals surface area (Å²) in [5, 5.41) is 9.18. The van der Waals surface area contributed by atoms with E-state index in [1.165, 1.54) is 12.1 Å². The van der Waals surface area contributed by atoms with Gasteiger partial charge in [-0.2, -0.15) is 0 Å². The minimum absolute atomic E-state index is 0.105. The highest BCUT2D eigenvalue weighted by molar-refractivity contribution is 6.30. The molecule has 1 aliphatic rings. The Balaban J connectivity index is 1.88. The number of rotatable bonds is 3. The second-order valence-corrected chi connectivity index (χ2v) is 5.48. The van der Waals surface area contributed by atoms with Crippen LogP contribution in [0.15, 0.2) is 36.4 Å². The molecule has 0 aliphatic carbocycles. The predicted octanol–water partition coefficient (Wildman–Crippen LogP) is 3.74. The Bertz CT molecular complexity index is 717. The van der Waals surface area contributed by atoms with Crippen molar-refractivity contribution in [1.82, 2.24) is 0 Å².